The standard InChI is InChI=1S/C11H10N2O/c1-12-9-5-8-3-2-4-10(14)6-11(8)13-7-9/h5,7H,2-4,6H2. The molecule has 0 bridgehead atoms. The number of carbonyl (C=O) groups is 1. The topological polar surface area (TPSA) is 34.3 Å². The molecule has 0 aromatic carbocycles. The van der Waals surface area contributed by atoms with Gasteiger partial charge in [-0.2, -0.15) is 0 Å². The van der Waals surface area contributed by atoms with E-state index >= 15 is 0 Å². The average molecular weight is 186 g/mol. The zero-order valence-corrected chi connectivity index (χ0v) is 7.79. The number of fused-ring (bicyclic) bond motifs is 1. The quantitative estimate of drug-likeness (QED) is 0.459. The van der Waals surface area contributed by atoms with Crippen molar-refractivity contribution in [2.45, 2.75) is 25.7 Å². The smallest absolute Gasteiger partial charge is 0.205 e. The Bertz CT molecular complexity index is 418. The molecule has 0 aliphatic heterocycles. The van der Waals surface area contributed by atoms with Crippen LogP contribution < -0.4 is 0 Å². The van der Waals surface area contributed by atoms with Crippen molar-refractivity contribution < 1.29 is 4.79 Å². The minimum atomic E-state index is 0.256. The zero-order valence-electron chi connectivity index (χ0n) is 7.79. The lowest BCUT2D eigenvalue weighted by atomic mass is 10.1. The Labute approximate surface area is 82.6 Å². The largest absolute Gasteiger partial charge is 0.299 e. The highest BCUT2D eigenvalue weighted by Crippen LogP contribution is 2.21. The van der Waals surface area contributed by atoms with Gasteiger partial charge in [-0.25, -0.2) is 4.85 Å². The normalized spacial score (nSPS) is 15.5. The molecule has 1 heterocycles. The Morgan fingerprint density at radius 2 is 2.29 bits per heavy atom. The summed E-state index contributed by atoms with van der Waals surface area (Å²) in [5.74, 6) is 0.256. The van der Waals surface area contributed by atoms with Gasteiger partial charge < -0.3 is 0 Å². The lowest BCUT2D eigenvalue weighted by molar-refractivity contribution is -0.118. The fourth-order valence-corrected chi connectivity index (χ4v) is 1.71. The van der Waals surface area contributed by atoms with Gasteiger partial charge in [0.25, 0.3) is 0 Å². The van der Waals surface area contributed by atoms with Gasteiger partial charge in [-0.3, -0.25) is 9.78 Å². The van der Waals surface area contributed by atoms with Gasteiger partial charge in [-0.15, -0.1) is 0 Å². The van der Waals surface area contributed by atoms with Crippen LogP contribution in [0.15, 0.2) is 12.3 Å². The molecular weight excluding hydrogens is 176 g/mol. The fourth-order valence-electron chi connectivity index (χ4n) is 1.71. The highest BCUT2D eigenvalue weighted by atomic mass is 16.1. The van der Waals surface area contributed by atoms with Crippen molar-refractivity contribution in [1.82, 2.24) is 4.98 Å². The third-order valence-electron chi connectivity index (χ3n) is 2.44. The van der Waals surface area contributed by atoms with Crippen molar-refractivity contribution in [3.8, 4) is 0 Å². The Hall–Kier alpha value is -1.69. The predicted molar refractivity (Wildman–Crippen MR) is 52.1 cm³/mol. The molecule has 3 nitrogen and oxygen atoms in total. The Kier molecular flexibility index (Phi) is 2.28. The molecule has 70 valence electrons. The number of rotatable bonds is 0. The van der Waals surface area contributed by atoms with Crippen LogP contribution in [0.25, 0.3) is 4.85 Å². The molecule has 0 N–H and O–H groups in total. The van der Waals surface area contributed by atoms with Crippen LogP contribution in [0.4, 0.5) is 5.69 Å². The molecule has 0 radical (unpaired) electrons. The number of hydrogen-bond donors (Lipinski definition) is 0. The molecule has 1 aliphatic rings. The molecule has 14 heavy (non-hydrogen) atoms. The Morgan fingerprint density at radius 1 is 1.43 bits per heavy atom. The summed E-state index contributed by atoms with van der Waals surface area (Å²) in [5, 5.41) is 0. The molecule has 0 amide bonds. The van der Waals surface area contributed by atoms with E-state index in [-0.39, 0.29) is 5.78 Å². The summed E-state index contributed by atoms with van der Waals surface area (Å²) in [6, 6.07) is 1.86. The first-order chi connectivity index (χ1) is 6.79. The minimum Gasteiger partial charge on any atom is -0.299 e. The van der Waals surface area contributed by atoms with Crippen molar-refractivity contribution in [3.63, 3.8) is 0 Å². The summed E-state index contributed by atoms with van der Waals surface area (Å²) in [4.78, 5) is 18.8. The average Bonchev–Trinajstić information content (AvgIpc) is 2.37. The SMILES string of the molecule is [C-]#[N+]c1cnc2c(c1)CCCC(=O)C2. The lowest BCUT2D eigenvalue weighted by Crippen LogP contribution is -2.01. The molecule has 1 aliphatic carbocycles. The molecule has 0 saturated heterocycles. The number of nitrogens with zero attached hydrogens (tertiary/aromatic N) is 2. The Balaban J connectivity index is 2.41. The van der Waals surface area contributed by atoms with Crippen LogP contribution in [0.5, 0.6) is 0 Å². The first-order valence-electron chi connectivity index (χ1n) is 4.66. The van der Waals surface area contributed by atoms with E-state index in [4.69, 9.17) is 6.57 Å². The van der Waals surface area contributed by atoms with Crippen LogP contribution in [-0.4, -0.2) is 10.8 Å². The minimum absolute atomic E-state index is 0.256. The molecule has 1 aromatic rings. The van der Waals surface area contributed by atoms with E-state index in [0.717, 1.165) is 24.1 Å². The van der Waals surface area contributed by atoms with Crippen molar-refractivity contribution in [3.05, 3.63) is 34.9 Å². The zero-order chi connectivity index (χ0) is 9.97. The van der Waals surface area contributed by atoms with Gasteiger partial charge in [0.1, 0.15) is 5.78 Å². The van der Waals surface area contributed by atoms with E-state index in [9.17, 15) is 4.79 Å². The van der Waals surface area contributed by atoms with Gasteiger partial charge in [-0.1, -0.05) is 0 Å². The summed E-state index contributed by atoms with van der Waals surface area (Å²) in [6.45, 7) is 6.87. The van der Waals surface area contributed by atoms with Gasteiger partial charge >= 0.3 is 0 Å². The summed E-state index contributed by atoms with van der Waals surface area (Å²) in [7, 11) is 0. The highest BCUT2D eigenvalue weighted by Gasteiger charge is 2.14. The maximum absolute atomic E-state index is 11.3. The predicted octanol–water partition coefficient (Wildman–Crippen LogP) is 2.08. The molecule has 0 fully saturated rings. The maximum atomic E-state index is 11.3. The van der Waals surface area contributed by atoms with Crippen molar-refractivity contribution in [2.75, 3.05) is 0 Å². The second-order valence-electron chi connectivity index (χ2n) is 3.48. The molecule has 0 atom stereocenters. The van der Waals surface area contributed by atoms with Crippen LogP contribution in [-0.2, 0) is 17.6 Å². The van der Waals surface area contributed by atoms with Crippen LogP contribution >= 0.6 is 0 Å². The first kappa shape index (κ1) is 8.89. The summed E-state index contributed by atoms with van der Waals surface area (Å²) in [5.41, 5.74) is 2.50. The number of carbonyl (C=O) groups excluding carboxylic acids is 1. The number of hydrogen-bond acceptors (Lipinski definition) is 2. The van der Waals surface area contributed by atoms with E-state index < -0.39 is 0 Å². The van der Waals surface area contributed by atoms with E-state index in [1.807, 2.05) is 6.07 Å². The molecule has 2 rings (SSSR count). The number of Topliss-reactive ketones (excluding diaryl/α,β-unsaturated/α-hetero) is 1. The van der Waals surface area contributed by atoms with Crippen molar-refractivity contribution in [2.24, 2.45) is 0 Å². The monoisotopic (exact) mass is 186 g/mol. The Morgan fingerprint density at radius 3 is 3.07 bits per heavy atom. The third kappa shape index (κ3) is 1.64. The molecule has 0 spiro atoms. The molecule has 3 heteroatoms. The van der Waals surface area contributed by atoms with E-state index in [1.54, 1.807) is 6.20 Å². The highest BCUT2D eigenvalue weighted by molar-refractivity contribution is 5.81. The summed E-state index contributed by atoms with van der Waals surface area (Å²) in [6.07, 6.45) is 4.38. The second kappa shape index (κ2) is 3.59. The van der Waals surface area contributed by atoms with Gasteiger partial charge in [0, 0.05) is 24.7 Å². The van der Waals surface area contributed by atoms with Crippen molar-refractivity contribution in [1.29, 1.82) is 0 Å². The number of pyridine rings is 1. The van der Waals surface area contributed by atoms with Crippen LogP contribution in [0.1, 0.15) is 24.1 Å². The van der Waals surface area contributed by atoms with Crippen LogP contribution in [0, 0.1) is 6.57 Å². The summed E-state index contributed by atoms with van der Waals surface area (Å²) >= 11 is 0. The van der Waals surface area contributed by atoms with E-state index in [2.05, 4.69) is 9.83 Å². The van der Waals surface area contributed by atoms with Crippen molar-refractivity contribution >= 4 is 11.5 Å². The van der Waals surface area contributed by atoms with E-state index in [0.29, 0.717) is 18.5 Å². The molecule has 0 saturated carbocycles. The number of aromatic nitrogens is 1. The van der Waals surface area contributed by atoms with Crippen LogP contribution in [0.3, 0.4) is 0 Å². The van der Waals surface area contributed by atoms with E-state index in [1.165, 1.54) is 0 Å². The van der Waals surface area contributed by atoms with Gasteiger partial charge in [0.05, 0.1) is 6.57 Å². The molecular formula is C11H10N2O. The maximum Gasteiger partial charge on any atom is 0.205 e. The van der Waals surface area contributed by atoms with Crippen LogP contribution in [0.2, 0.25) is 0 Å². The van der Waals surface area contributed by atoms with Gasteiger partial charge in [-0.05, 0) is 24.5 Å². The fraction of sp³-hybridized carbons (Fsp3) is 0.364. The molecule has 1 aromatic heterocycles. The third-order valence-corrected chi connectivity index (χ3v) is 2.44. The van der Waals surface area contributed by atoms with Gasteiger partial charge in [0.2, 0.25) is 5.69 Å². The summed E-state index contributed by atoms with van der Waals surface area (Å²) < 4.78 is 0. The lowest BCUT2D eigenvalue weighted by Gasteiger charge is -2.02. The van der Waals surface area contributed by atoms with Gasteiger partial charge in [0.15, 0.2) is 0 Å². The second-order valence-corrected chi connectivity index (χ2v) is 3.48. The first-order valence-corrected chi connectivity index (χ1v) is 4.66. The number of ketones is 1. The number of aryl methyl sites for hydroxylation is 1. The molecule has 0 unspecified atom stereocenters.